The third kappa shape index (κ3) is 5.79. The molecule has 0 aliphatic carbocycles. The second-order valence-corrected chi connectivity index (χ2v) is 11.7. The Hall–Kier alpha value is -1.45. The molecule has 0 aromatic heterocycles. The van der Waals surface area contributed by atoms with E-state index in [-0.39, 0.29) is 5.75 Å². The van der Waals surface area contributed by atoms with Crippen LogP contribution in [0.25, 0.3) is 10.8 Å². The topological polar surface area (TPSA) is 65.1 Å². The normalized spacial score (nSPS) is 12.4. The number of benzene rings is 2. The molecule has 0 radical (unpaired) electrons. The van der Waals surface area contributed by atoms with E-state index in [9.17, 15) is 8.42 Å². The Morgan fingerprint density at radius 2 is 1.41 bits per heavy atom. The fourth-order valence-corrected chi connectivity index (χ4v) is 7.93. The Labute approximate surface area is 176 Å². The van der Waals surface area contributed by atoms with E-state index >= 15 is 0 Å². The van der Waals surface area contributed by atoms with Crippen LogP contribution in [0.1, 0.15) is 27.2 Å². The molecule has 0 aliphatic heterocycles. The van der Waals surface area contributed by atoms with Gasteiger partial charge in [-0.25, -0.2) is 8.42 Å². The molecule has 29 heavy (non-hydrogen) atoms. The van der Waals surface area contributed by atoms with E-state index < -0.39 is 18.6 Å². The van der Waals surface area contributed by atoms with Crippen LogP contribution in [0.15, 0.2) is 41.3 Å². The molecular weight excluding hydrogens is 406 g/mol. The summed E-state index contributed by atoms with van der Waals surface area (Å²) in [6.45, 7) is 7.14. The Bertz CT molecular complexity index is 884. The predicted molar refractivity (Wildman–Crippen MR) is 120 cm³/mol. The van der Waals surface area contributed by atoms with Crippen molar-refractivity contribution >= 4 is 35.1 Å². The Kier molecular flexibility index (Phi) is 8.66. The number of anilines is 1. The Balaban J connectivity index is 2.27. The van der Waals surface area contributed by atoms with Gasteiger partial charge in [-0.05, 0) is 39.3 Å². The summed E-state index contributed by atoms with van der Waals surface area (Å²) in [4.78, 5) is 2.36. The summed E-state index contributed by atoms with van der Waals surface area (Å²) in [7, 11) is -2.40. The third-order valence-corrected chi connectivity index (χ3v) is 9.67. The van der Waals surface area contributed by atoms with Gasteiger partial charge in [0.05, 0.1) is 10.6 Å². The van der Waals surface area contributed by atoms with Crippen molar-refractivity contribution in [1.29, 1.82) is 0 Å². The van der Waals surface area contributed by atoms with Crippen LogP contribution in [0.3, 0.4) is 0 Å². The number of nitrogens with zero attached hydrogens (tertiary/aromatic N) is 1. The van der Waals surface area contributed by atoms with Crippen LogP contribution in [-0.2, 0) is 23.1 Å². The van der Waals surface area contributed by atoms with Crippen LogP contribution in [0.4, 0.5) is 5.69 Å². The molecule has 0 atom stereocenters. The number of fused-ring (bicyclic) bond motifs is 1. The number of rotatable bonds is 12. The van der Waals surface area contributed by atoms with Crippen LogP contribution in [0, 0.1) is 0 Å². The molecule has 0 saturated carbocycles. The number of hydrogen-bond acceptors (Lipinski definition) is 6. The molecule has 0 heterocycles. The lowest BCUT2D eigenvalue weighted by Crippen LogP contribution is -2.46. The predicted octanol–water partition coefficient (Wildman–Crippen LogP) is 4.12. The van der Waals surface area contributed by atoms with E-state index in [1.165, 1.54) is 0 Å². The first-order valence-electron chi connectivity index (χ1n) is 10.1. The van der Waals surface area contributed by atoms with Crippen LogP contribution in [0.2, 0.25) is 6.04 Å². The summed E-state index contributed by atoms with van der Waals surface area (Å²) in [6, 6.07) is 11.7. The fraction of sp³-hybridized carbons (Fsp3) is 0.524. The Morgan fingerprint density at radius 1 is 0.862 bits per heavy atom. The molecule has 0 fully saturated rings. The van der Waals surface area contributed by atoms with Crippen LogP contribution >= 0.6 is 0 Å². The van der Waals surface area contributed by atoms with Crippen molar-refractivity contribution in [3.8, 4) is 0 Å². The van der Waals surface area contributed by atoms with E-state index in [4.69, 9.17) is 13.3 Å². The van der Waals surface area contributed by atoms with E-state index in [2.05, 4.69) is 0 Å². The highest BCUT2D eigenvalue weighted by Crippen LogP contribution is 2.31. The van der Waals surface area contributed by atoms with Gasteiger partial charge in [0.15, 0.2) is 9.84 Å². The molecular formula is C21H33NO5SSi. The van der Waals surface area contributed by atoms with Crippen molar-refractivity contribution in [1.82, 2.24) is 0 Å². The molecule has 0 aliphatic rings. The fourth-order valence-electron chi connectivity index (χ4n) is 3.52. The molecule has 8 heteroatoms. The van der Waals surface area contributed by atoms with Gasteiger partial charge in [-0.1, -0.05) is 24.3 Å². The van der Waals surface area contributed by atoms with Crippen LogP contribution < -0.4 is 4.90 Å². The lowest BCUT2D eigenvalue weighted by Gasteiger charge is -2.28. The standard InChI is InChI=1S/C21H33NO5SSi/c1-6-25-29(26-7-2,27-8-3)17-11-16-28(23,24)21-15-10-12-18-19(21)13-9-14-20(18)22(4)5/h9-10,12-15H,6-8,11,16-17H2,1-5H3. The zero-order chi connectivity index (χ0) is 21.5. The van der Waals surface area contributed by atoms with Crippen LogP contribution in [-0.4, -0.2) is 56.9 Å². The van der Waals surface area contributed by atoms with Gasteiger partial charge in [-0.15, -0.1) is 0 Å². The molecule has 2 rings (SSSR count). The SMILES string of the molecule is CCO[Si](CCCS(=O)(=O)c1cccc2c(N(C)C)cccc12)(OCC)OCC. The second kappa shape index (κ2) is 10.5. The minimum Gasteiger partial charge on any atom is -0.377 e. The highest BCUT2D eigenvalue weighted by Gasteiger charge is 2.40. The molecule has 2 aromatic rings. The van der Waals surface area contributed by atoms with E-state index in [1.807, 2.05) is 70.1 Å². The minimum atomic E-state index is -3.46. The van der Waals surface area contributed by atoms with Crippen molar-refractivity contribution in [3.05, 3.63) is 36.4 Å². The Morgan fingerprint density at radius 3 is 1.97 bits per heavy atom. The van der Waals surface area contributed by atoms with Gasteiger partial charge in [0.1, 0.15) is 0 Å². The maximum absolute atomic E-state index is 13.2. The molecule has 0 amide bonds. The first-order chi connectivity index (χ1) is 13.8. The van der Waals surface area contributed by atoms with Gasteiger partial charge in [-0.2, -0.15) is 0 Å². The summed E-state index contributed by atoms with van der Waals surface area (Å²) in [5.41, 5.74) is 0.995. The average molecular weight is 440 g/mol. The maximum Gasteiger partial charge on any atom is 0.500 e. The quantitative estimate of drug-likeness (QED) is 0.464. The molecule has 6 nitrogen and oxygen atoms in total. The molecule has 0 spiro atoms. The largest absolute Gasteiger partial charge is 0.500 e. The van der Waals surface area contributed by atoms with E-state index in [1.54, 1.807) is 6.07 Å². The van der Waals surface area contributed by atoms with Crippen molar-refractivity contribution < 1.29 is 21.7 Å². The van der Waals surface area contributed by atoms with Crippen LogP contribution in [0.5, 0.6) is 0 Å². The second-order valence-electron chi connectivity index (χ2n) is 6.93. The van der Waals surface area contributed by atoms with Crippen molar-refractivity contribution in [2.24, 2.45) is 0 Å². The molecule has 0 bridgehead atoms. The zero-order valence-corrected chi connectivity index (χ0v) is 19.9. The first kappa shape index (κ1) is 23.8. The first-order valence-corrected chi connectivity index (χ1v) is 13.7. The van der Waals surface area contributed by atoms with Gasteiger partial charge in [-0.3, -0.25) is 0 Å². The van der Waals surface area contributed by atoms with E-state index in [0.717, 1.165) is 16.5 Å². The van der Waals surface area contributed by atoms with Crippen molar-refractivity contribution in [3.63, 3.8) is 0 Å². The number of sulfone groups is 1. The summed E-state index contributed by atoms with van der Waals surface area (Å²) >= 11 is 0. The lowest BCUT2D eigenvalue weighted by atomic mass is 10.1. The van der Waals surface area contributed by atoms with Gasteiger partial charge >= 0.3 is 8.80 Å². The highest BCUT2D eigenvalue weighted by molar-refractivity contribution is 7.91. The third-order valence-electron chi connectivity index (χ3n) is 4.66. The molecule has 0 saturated heterocycles. The molecule has 2 aromatic carbocycles. The summed E-state index contributed by atoms with van der Waals surface area (Å²) in [5, 5.41) is 1.68. The smallest absolute Gasteiger partial charge is 0.377 e. The van der Waals surface area contributed by atoms with E-state index in [0.29, 0.717) is 37.2 Å². The van der Waals surface area contributed by atoms with Crippen molar-refractivity contribution in [2.45, 2.75) is 38.1 Å². The minimum absolute atomic E-state index is 0.0281. The van der Waals surface area contributed by atoms with Gasteiger partial charge in [0.25, 0.3) is 0 Å². The average Bonchev–Trinajstić information content (AvgIpc) is 2.67. The highest BCUT2D eigenvalue weighted by atomic mass is 32.2. The number of hydrogen-bond donors (Lipinski definition) is 0. The maximum atomic E-state index is 13.2. The summed E-state index contributed by atoms with van der Waals surface area (Å²) < 4.78 is 43.8. The molecule has 162 valence electrons. The summed E-state index contributed by atoms with van der Waals surface area (Å²) in [6.07, 6.45) is 0.429. The van der Waals surface area contributed by atoms with Crippen molar-refractivity contribution in [2.75, 3.05) is 44.6 Å². The van der Waals surface area contributed by atoms with Gasteiger partial charge in [0, 0.05) is 56.4 Å². The molecule has 0 unspecified atom stereocenters. The van der Waals surface area contributed by atoms with Gasteiger partial charge < -0.3 is 18.2 Å². The molecule has 0 N–H and O–H groups in total. The monoisotopic (exact) mass is 439 g/mol. The zero-order valence-electron chi connectivity index (χ0n) is 18.1. The lowest BCUT2D eigenvalue weighted by molar-refractivity contribution is 0.0712. The summed E-state index contributed by atoms with van der Waals surface area (Å²) in [5.74, 6) is 0.0281. The van der Waals surface area contributed by atoms with Gasteiger partial charge in [0.2, 0.25) is 0 Å².